The molecule has 1 aromatic heterocycles. The predicted molar refractivity (Wildman–Crippen MR) is 82.9 cm³/mol. The van der Waals surface area contributed by atoms with E-state index < -0.39 is 0 Å². The predicted octanol–water partition coefficient (Wildman–Crippen LogP) is 4.17. The summed E-state index contributed by atoms with van der Waals surface area (Å²) in [6.07, 6.45) is 7.55. The maximum atomic E-state index is 12.9. The monoisotopic (exact) mass is 299 g/mol. The van der Waals surface area contributed by atoms with Gasteiger partial charge in [-0.05, 0) is 61.6 Å². The van der Waals surface area contributed by atoms with Crippen molar-refractivity contribution in [2.75, 3.05) is 6.54 Å². The SMILES string of the molecule is O=C(NCC1CC=CCC1)c1ccc(-c2ccc(F)cc2)o1. The summed E-state index contributed by atoms with van der Waals surface area (Å²) in [6, 6.07) is 9.37. The number of halogens is 1. The van der Waals surface area contributed by atoms with Crippen molar-refractivity contribution in [3.63, 3.8) is 0 Å². The zero-order valence-electron chi connectivity index (χ0n) is 12.2. The van der Waals surface area contributed by atoms with Crippen molar-refractivity contribution in [1.29, 1.82) is 0 Å². The van der Waals surface area contributed by atoms with Gasteiger partial charge < -0.3 is 9.73 Å². The molecule has 3 nitrogen and oxygen atoms in total. The van der Waals surface area contributed by atoms with Crippen molar-refractivity contribution in [3.8, 4) is 11.3 Å². The van der Waals surface area contributed by atoms with Crippen LogP contribution in [-0.4, -0.2) is 12.5 Å². The first-order valence-corrected chi connectivity index (χ1v) is 7.51. The van der Waals surface area contributed by atoms with Crippen LogP contribution in [0.4, 0.5) is 4.39 Å². The summed E-state index contributed by atoms with van der Waals surface area (Å²) in [5, 5.41) is 2.92. The number of rotatable bonds is 4. The summed E-state index contributed by atoms with van der Waals surface area (Å²) in [6.45, 7) is 0.662. The highest BCUT2D eigenvalue weighted by Crippen LogP contribution is 2.22. The van der Waals surface area contributed by atoms with Crippen LogP contribution in [0.1, 0.15) is 29.8 Å². The minimum absolute atomic E-state index is 0.206. The number of carbonyl (C=O) groups is 1. The molecule has 1 atom stereocenters. The number of hydrogen-bond donors (Lipinski definition) is 1. The third-order valence-corrected chi connectivity index (χ3v) is 3.89. The molecule has 3 rings (SSSR count). The van der Waals surface area contributed by atoms with E-state index in [2.05, 4.69) is 17.5 Å². The lowest BCUT2D eigenvalue weighted by Crippen LogP contribution is -2.29. The van der Waals surface area contributed by atoms with E-state index >= 15 is 0 Å². The topological polar surface area (TPSA) is 42.2 Å². The van der Waals surface area contributed by atoms with Gasteiger partial charge in [0, 0.05) is 12.1 Å². The maximum Gasteiger partial charge on any atom is 0.287 e. The number of benzene rings is 1. The normalized spacial score (nSPS) is 17.4. The fourth-order valence-electron chi connectivity index (χ4n) is 2.60. The number of allylic oxidation sites excluding steroid dienone is 2. The number of hydrogen-bond acceptors (Lipinski definition) is 2. The quantitative estimate of drug-likeness (QED) is 0.861. The van der Waals surface area contributed by atoms with Gasteiger partial charge in [0.15, 0.2) is 5.76 Å². The molecule has 0 aliphatic heterocycles. The lowest BCUT2D eigenvalue weighted by molar-refractivity contribution is 0.0919. The average molecular weight is 299 g/mol. The van der Waals surface area contributed by atoms with Crippen LogP contribution in [0.25, 0.3) is 11.3 Å². The lowest BCUT2D eigenvalue weighted by atomic mass is 9.94. The lowest BCUT2D eigenvalue weighted by Gasteiger charge is -2.17. The van der Waals surface area contributed by atoms with Gasteiger partial charge in [0.05, 0.1) is 0 Å². The second-order valence-corrected chi connectivity index (χ2v) is 5.53. The molecule has 1 heterocycles. The Morgan fingerprint density at radius 3 is 2.73 bits per heavy atom. The fourth-order valence-corrected chi connectivity index (χ4v) is 2.60. The van der Waals surface area contributed by atoms with E-state index in [-0.39, 0.29) is 17.5 Å². The van der Waals surface area contributed by atoms with E-state index in [0.717, 1.165) is 24.8 Å². The van der Waals surface area contributed by atoms with Crippen LogP contribution in [0.3, 0.4) is 0 Å². The second kappa shape index (κ2) is 6.60. The average Bonchev–Trinajstić information content (AvgIpc) is 3.04. The van der Waals surface area contributed by atoms with Crippen molar-refractivity contribution in [3.05, 3.63) is 60.1 Å². The van der Waals surface area contributed by atoms with E-state index in [1.807, 2.05) is 0 Å². The summed E-state index contributed by atoms with van der Waals surface area (Å²) >= 11 is 0. The van der Waals surface area contributed by atoms with Gasteiger partial charge in [0.25, 0.3) is 5.91 Å². The first kappa shape index (κ1) is 14.6. The Hall–Kier alpha value is -2.36. The highest BCUT2D eigenvalue weighted by atomic mass is 19.1. The molecular formula is C18H18FNO2. The van der Waals surface area contributed by atoms with Gasteiger partial charge in [-0.2, -0.15) is 0 Å². The van der Waals surface area contributed by atoms with Crippen molar-refractivity contribution in [1.82, 2.24) is 5.32 Å². The molecule has 1 N–H and O–H groups in total. The summed E-state index contributed by atoms with van der Waals surface area (Å²) in [5.41, 5.74) is 0.748. The number of amides is 1. The fraction of sp³-hybridized carbons (Fsp3) is 0.278. The van der Waals surface area contributed by atoms with Gasteiger partial charge >= 0.3 is 0 Å². The third-order valence-electron chi connectivity index (χ3n) is 3.89. The van der Waals surface area contributed by atoms with Crippen LogP contribution in [0.5, 0.6) is 0 Å². The van der Waals surface area contributed by atoms with Crippen LogP contribution < -0.4 is 5.32 Å². The standard InChI is InChI=1S/C18H18FNO2/c19-15-8-6-14(7-9-15)16-10-11-17(22-16)18(21)20-12-13-4-2-1-3-5-13/h1-2,6-11,13H,3-5,12H2,(H,20,21). The first-order valence-electron chi connectivity index (χ1n) is 7.51. The number of furan rings is 1. The van der Waals surface area contributed by atoms with Crippen LogP contribution in [0.15, 0.2) is 53.0 Å². The third kappa shape index (κ3) is 3.45. The smallest absolute Gasteiger partial charge is 0.287 e. The molecule has 1 aromatic carbocycles. The van der Waals surface area contributed by atoms with Crippen molar-refractivity contribution in [2.24, 2.45) is 5.92 Å². The van der Waals surface area contributed by atoms with Gasteiger partial charge in [-0.3, -0.25) is 4.79 Å². The molecule has 1 amide bonds. The van der Waals surface area contributed by atoms with Gasteiger partial charge in [-0.25, -0.2) is 4.39 Å². The van der Waals surface area contributed by atoms with Crippen LogP contribution in [0, 0.1) is 11.7 Å². The number of carbonyl (C=O) groups excluding carboxylic acids is 1. The molecule has 2 aromatic rings. The minimum atomic E-state index is -0.296. The Kier molecular flexibility index (Phi) is 4.37. The summed E-state index contributed by atoms with van der Waals surface area (Å²) in [7, 11) is 0. The van der Waals surface area contributed by atoms with Crippen molar-refractivity contribution >= 4 is 5.91 Å². The molecule has 0 saturated heterocycles. The Bertz CT molecular complexity index is 673. The van der Waals surface area contributed by atoms with E-state index in [0.29, 0.717) is 18.2 Å². The molecule has 22 heavy (non-hydrogen) atoms. The molecule has 0 bridgehead atoms. The molecular weight excluding hydrogens is 281 g/mol. The summed E-state index contributed by atoms with van der Waals surface area (Å²) in [4.78, 5) is 12.1. The molecule has 0 spiro atoms. The Balaban J connectivity index is 1.61. The molecule has 0 saturated carbocycles. The molecule has 0 radical (unpaired) electrons. The Morgan fingerprint density at radius 2 is 2.00 bits per heavy atom. The largest absolute Gasteiger partial charge is 0.451 e. The van der Waals surface area contributed by atoms with Gasteiger partial charge in [-0.1, -0.05) is 12.2 Å². The zero-order valence-corrected chi connectivity index (χ0v) is 12.2. The molecule has 1 aliphatic carbocycles. The van der Waals surface area contributed by atoms with E-state index in [1.165, 1.54) is 12.1 Å². The van der Waals surface area contributed by atoms with E-state index in [9.17, 15) is 9.18 Å². The van der Waals surface area contributed by atoms with E-state index in [1.54, 1.807) is 24.3 Å². The van der Waals surface area contributed by atoms with Gasteiger partial charge in [0.2, 0.25) is 0 Å². The molecule has 0 fully saturated rings. The van der Waals surface area contributed by atoms with Crippen molar-refractivity contribution in [2.45, 2.75) is 19.3 Å². The zero-order chi connectivity index (χ0) is 15.4. The maximum absolute atomic E-state index is 12.9. The summed E-state index contributed by atoms with van der Waals surface area (Å²) in [5.74, 6) is 0.842. The Morgan fingerprint density at radius 1 is 1.18 bits per heavy atom. The van der Waals surface area contributed by atoms with Gasteiger partial charge in [-0.15, -0.1) is 0 Å². The molecule has 4 heteroatoms. The van der Waals surface area contributed by atoms with Crippen molar-refractivity contribution < 1.29 is 13.6 Å². The molecule has 1 aliphatic rings. The second-order valence-electron chi connectivity index (χ2n) is 5.53. The number of nitrogens with one attached hydrogen (secondary N) is 1. The highest BCUT2D eigenvalue weighted by molar-refractivity contribution is 5.92. The van der Waals surface area contributed by atoms with Crippen LogP contribution in [0.2, 0.25) is 0 Å². The minimum Gasteiger partial charge on any atom is -0.451 e. The van der Waals surface area contributed by atoms with Crippen LogP contribution >= 0.6 is 0 Å². The van der Waals surface area contributed by atoms with Crippen LogP contribution in [-0.2, 0) is 0 Å². The summed E-state index contributed by atoms with van der Waals surface area (Å²) < 4.78 is 18.5. The molecule has 1 unspecified atom stereocenters. The van der Waals surface area contributed by atoms with E-state index in [4.69, 9.17) is 4.42 Å². The Labute approximate surface area is 128 Å². The first-order chi connectivity index (χ1) is 10.7. The van der Waals surface area contributed by atoms with Gasteiger partial charge in [0.1, 0.15) is 11.6 Å². The molecule has 114 valence electrons. The highest BCUT2D eigenvalue weighted by Gasteiger charge is 2.15.